The van der Waals surface area contributed by atoms with Crippen molar-refractivity contribution in [1.82, 2.24) is 0 Å². The number of hydrogen-bond acceptors (Lipinski definition) is 5. The quantitative estimate of drug-likeness (QED) is 0.609. The number of thiophene rings is 1. The number of carboxylic acid groups (broad SMARTS) is 1. The average molecular weight is 389 g/mol. The zero-order valence-corrected chi connectivity index (χ0v) is 16.0. The number of esters is 1. The molecule has 0 saturated heterocycles. The van der Waals surface area contributed by atoms with Crippen LogP contribution >= 0.6 is 11.3 Å². The van der Waals surface area contributed by atoms with Crippen molar-refractivity contribution in [2.24, 2.45) is 23.7 Å². The van der Waals surface area contributed by atoms with Crippen molar-refractivity contribution in [3.63, 3.8) is 0 Å². The van der Waals surface area contributed by atoms with Gasteiger partial charge in [-0.3, -0.25) is 9.59 Å². The topological polar surface area (TPSA) is 92.7 Å². The Morgan fingerprint density at radius 2 is 1.78 bits per heavy atom. The fourth-order valence-corrected chi connectivity index (χ4v) is 6.14. The molecule has 0 spiro atoms. The van der Waals surface area contributed by atoms with Crippen LogP contribution < -0.4 is 5.32 Å². The highest BCUT2D eigenvalue weighted by molar-refractivity contribution is 7.17. The van der Waals surface area contributed by atoms with Crippen LogP contribution in [0.5, 0.6) is 0 Å². The van der Waals surface area contributed by atoms with Crippen LogP contribution in [0.4, 0.5) is 5.00 Å². The Labute approximate surface area is 161 Å². The van der Waals surface area contributed by atoms with E-state index in [1.165, 1.54) is 18.4 Å². The molecule has 1 heterocycles. The lowest BCUT2D eigenvalue weighted by Gasteiger charge is -2.41. The molecule has 1 saturated carbocycles. The molecule has 27 heavy (non-hydrogen) atoms. The SMILES string of the molecule is COC(=O)c1c(NC(=O)C2C3C=CC(CC3)C2C(=O)O)sc2c1CCCC2. The summed E-state index contributed by atoms with van der Waals surface area (Å²) in [4.78, 5) is 38.4. The van der Waals surface area contributed by atoms with Crippen LogP contribution in [0.1, 0.15) is 46.5 Å². The molecule has 7 heteroatoms. The Bertz CT molecular complexity index is 827. The average Bonchev–Trinajstić information content (AvgIpc) is 3.05. The van der Waals surface area contributed by atoms with Crippen LogP contribution in [0.3, 0.4) is 0 Å². The predicted molar refractivity (Wildman–Crippen MR) is 101 cm³/mol. The number of fused-ring (bicyclic) bond motifs is 3. The van der Waals surface area contributed by atoms with E-state index in [-0.39, 0.29) is 17.7 Å². The predicted octanol–water partition coefficient (Wildman–Crippen LogP) is 3.27. The molecule has 2 bridgehead atoms. The van der Waals surface area contributed by atoms with Gasteiger partial charge in [0, 0.05) is 4.88 Å². The van der Waals surface area contributed by atoms with Crippen LogP contribution in [-0.4, -0.2) is 30.1 Å². The summed E-state index contributed by atoms with van der Waals surface area (Å²) in [5, 5.41) is 13.1. The summed E-state index contributed by atoms with van der Waals surface area (Å²) < 4.78 is 4.95. The molecular formula is C20H23NO5S. The number of rotatable bonds is 4. The molecule has 6 nitrogen and oxygen atoms in total. The van der Waals surface area contributed by atoms with E-state index in [1.54, 1.807) is 0 Å². The van der Waals surface area contributed by atoms with Gasteiger partial charge in [0.15, 0.2) is 0 Å². The Hall–Kier alpha value is -2.15. The second kappa shape index (κ2) is 7.11. The van der Waals surface area contributed by atoms with Crippen molar-refractivity contribution in [3.8, 4) is 0 Å². The van der Waals surface area contributed by atoms with Crippen molar-refractivity contribution in [1.29, 1.82) is 0 Å². The minimum atomic E-state index is -0.923. The van der Waals surface area contributed by atoms with Crippen molar-refractivity contribution >= 4 is 34.2 Å². The molecule has 4 aliphatic rings. The molecule has 4 aliphatic carbocycles. The second-order valence-electron chi connectivity index (χ2n) is 7.58. The maximum atomic E-state index is 13.1. The van der Waals surface area contributed by atoms with Gasteiger partial charge in [-0.15, -0.1) is 11.3 Å². The maximum Gasteiger partial charge on any atom is 0.341 e. The van der Waals surface area contributed by atoms with E-state index in [9.17, 15) is 19.5 Å². The monoisotopic (exact) mass is 389 g/mol. The number of hydrogen-bond donors (Lipinski definition) is 2. The molecule has 0 aromatic carbocycles. The number of ether oxygens (including phenoxy) is 1. The number of nitrogens with one attached hydrogen (secondary N) is 1. The number of allylic oxidation sites excluding steroid dienone is 2. The van der Waals surface area contributed by atoms with Crippen LogP contribution in [0, 0.1) is 23.7 Å². The number of aryl methyl sites for hydroxylation is 1. The van der Waals surface area contributed by atoms with E-state index in [2.05, 4.69) is 5.32 Å². The Morgan fingerprint density at radius 3 is 2.41 bits per heavy atom. The highest BCUT2D eigenvalue weighted by atomic mass is 32.1. The fourth-order valence-electron chi connectivity index (χ4n) is 4.86. The van der Waals surface area contributed by atoms with Crippen molar-refractivity contribution in [3.05, 3.63) is 28.2 Å². The lowest BCUT2D eigenvalue weighted by Crippen LogP contribution is -2.47. The molecule has 0 radical (unpaired) electrons. The fraction of sp³-hybridized carbons (Fsp3) is 0.550. The molecule has 4 atom stereocenters. The Balaban J connectivity index is 1.65. The number of methoxy groups -OCH3 is 1. The number of carbonyl (C=O) groups excluding carboxylic acids is 2. The molecule has 144 valence electrons. The number of carbonyl (C=O) groups is 3. The highest BCUT2D eigenvalue weighted by Gasteiger charge is 2.48. The molecular weight excluding hydrogens is 366 g/mol. The normalized spacial score (nSPS) is 28.5. The number of anilines is 1. The molecule has 1 fully saturated rings. The summed E-state index contributed by atoms with van der Waals surface area (Å²) in [6.45, 7) is 0. The van der Waals surface area contributed by atoms with Crippen LogP contribution in [-0.2, 0) is 27.2 Å². The van der Waals surface area contributed by atoms with Gasteiger partial charge in [-0.25, -0.2) is 4.79 Å². The third-order valence-corrected chi connectivity index (χ3v) is 7.34. The van der Waals surface area contributed by atoms with Gasteiger partial charge in [-0.2, -0.15) is 0 Å². The first-order chi connectivity index (χ1) is 13.0. The molecule has 4 unspecified atom stereocenters. The lowest BCUT2D eigenvalue weighted by molar-refractivity contribution is -0.151. The summed E-state index contributed by atoms with van der Waals surface area (Å²) in [5.74, 6) is -3.13. The van der Waals surface area contributed by atoms with Crippen LogP contribution in [0.2, 0.25) is 0 Å². The minimum Gasteiger partial charge on any atom is -0.481 e. The Morgan fingerprint density at radius 1 is 1.11 bits per heavy atom. The van der Waals surface area contributed by atoms with E-state index < -0.39 is 23.8 Å². The second-order valence-corrected chi connectivity index (χ2v) is 8.68. The van der Waals surface area contributed by atoms with Gasteiger partial charge in [-0.05, 0) is 55.9 Å². The maximum absolute atomic E-state index is 13.1. The Kier molecular flexibility index (Phi) is 4.80. The summed E-state index contributed by atoms with van der Waals surface area (Å²) >= 11 is 1.43. The van der Waals surface area contributed by atoms with Crippen molar-refractivity contribution < 1.29 is 24.2 Å². The molecule has 1 aromatic rings. The largest absolute Gasteiger partial charge is 0.481 e. The first-order valence-electron chi connectivity index (χ1n) is 9.46. The molecule has 2 N–H and O–H groups in total. The number of amides is 1. The van der Waals surface area contributed by atoms with Gasteiger partial charge in [0.25, 0.3) is 0 Å². The van der Waals surface area contributed by atoms with Gasteiger partial charge < -0.3 is 15.2 Å². The van der Waals surface area contributed by atoms with Crippen LogP contribution in [0.25, 0.3) is 0 Å². The highest BCUT2D eigenvalue weighted by Crippen LogP contribution is 2.46. The van der Waals surface area contributed by atoms with Crippen LogP contribution in [0.15, 0.2) is 12.2 Å². The van der Waals surface area contributed by atoms with Gasteiger partial charge in [0.05, 0.1) is 24.5 Å². The summed E-state index contributed by atoms with van der Waals surface area (Å²) in [7, 11) is 1.34. The first-order valence-corrected chi connectivity index (χ1v) is 10.3. The minimum absolute atomic E-state index is 0.0627. The summed E-state index contributed by atoms with van der Waals surface area (Å²) in [6.07, 6.45) is 9.35. The molecule has 5 rings (SSSR count). The van der Waals surface area contributed by atoms with E-state index in [0.717, 1.165) is 49.0 Å². The molecule has 1 amide bonds. The van der Waals surface area contributed by atoms with E-state index >= 15 is 0 Å². The van der Waals surface area contributed by atoms with Gasteiger partial charge >= 0.3 is 11.9 Å². The zero-order valence-electron chi connectivity index (χ0n) is 15.2. The van der Waals surface area contributed by atoms with Gasteiger partial charge in [-0.1, -0.05) is 12.2 Å². The van der Waals surface area contributed by atoms with Crippen molar-refractivity contribution in [2.75, 3.05) is 12.4 Å². The number of carboxylic acids is 1. The first kappa shape index (κ1) is 18.2. The van der Waals surface area contributed by atoms with E-state index in [1.807, 2.05) is 12.2 Å². The third-order valence-electron chi connectivity index (χ3n) is 6.13. The van der Waals surface area contributed by atoms with Gasteiger partial charge in [0.1, 0.15) is 5.00 Å². The van der Waals surface area contributed by atoms with Crippen molar-refractivity contribution in [2.45, 2.75) is 38.5 Å². The smallest absolute Gasteiger partial charge is 0.341 e. The molecule has 0 aliphatic heterocycles. The number of aliphatic carboxylic acids is 1. The molecule has 1 aromatic heterocycles. The van der Waals surface area contributed by atoms with E-state index in [0.29, 0.717) is 10.6 Å². The summed E-state index contributed by atoms with van der Waals surface area (Å²) in [5.41, 5.74) is 1.43. The third kappa shape index (κ3) is 3.08. The van der Waals surface area contributed by atoms with Gasteiger partial charge in [0.2, 0.25) is 5.91 Å². The zero-order chi connectivity index (χ0) is 19.1. The lowest BCUT2D eigenvalue weighted by atomic mass is 9.62. The summed E-state index contributed by atoms with van der Waals surface area (Å²) in [6, 6.07) is 0. The standard InChI is InChI=1S/C20H23NO5S/c1-26-20(25)16-12-4-2-3-5-13(12)27-18(16)21-17(22)14-10-6-8-11(9-7-10)15(14)19(23)24/h6,8,10-11,14-15H,2-5,7,9H2,1H3,(H,21,22)(H,23,24). The van der Waals surface area contributed by atoms with E-state index in [4.69, 9.17) is 4.74 Å².